The Morgan fingerprint density at radius 1 is 0.773 bits per heavy atom. The molecule has 0 rings (SSSR count). The number of unbranched alkanes of at least 4 members (excludes halogenated alkanes) is 3. The van der Waals surface area contributed by atoms with Gasteiger partial charge < -0.3 is 11.5 Å². The summed E-state index contributed by atoms with van der Waals surface area (Å²) in [6, 6.07) is 0. The lowest BCUT2D eigenvalue weighted by atomic mass is 9.55. The Morgan fingerprint density at radius 3 is 1.64 bits per heavy atom. The fraction of sp³-hybridized carbons (Fsp3) is 0.889. The van der Waals surface area contributed by atoms with Crippen LogP contribution in [0.25, 0.3) is 0 Å². The predicted octanol–water partition coefficient (Wildman–Crippen LogP) is 3.91. The van der Waals surface area contributed by atoms with Crippen molar-refractivity contribution < 1.29 is 9.59 Å². The van der Waals surface area contributed by atoms with Crippen molar-refractivity contribution in [1.29, 1.82) is 0 Å². The van der Waals surface area contributed by atoms with Gasteiger partial charge in [-0.3, -0.25) is 9.59 Å². The van der Waals surface area contributed by atoms with Gasteiger partial charge in [-0.15, -0.1) is 0 Å². The van der Waals surface area contributed by atoms with Crippen LogP contribution in [0.2, 0.25) is 0 Å². The van der Waals surface area contributed by atoms with Crippen LogP contribution in [0, 0.1) is 10.8 Å². The summed E-state index contributed by atoms with van der Waals surface area (Å²) in [5.74, 6) is -0.365. The molecule has 0 aliphatic heterocycles. The summed E-state index contributed by atoms with van der Waals surface area (Å²) in [5.41, 5.74) is 10.6. The highest BCUT2D eigenvalue weighted by Crippen LogP contribution is 2.52. The first-order valence-electron chi connectivity index (χ1n) is 8.94. The van der Waals surface area contributed by atoms with Gasteiger partial charge in [-0.1, -0.05) is 47.0 Å². The Labute approximate surface area is 136 Å². The molecular weight excluding hydrogens is 276 g/mol. The van der Waals surface area contributed by atoms with E-state index in [1.807, 2.05) is 0 Å². The average Bonchev–Trinajstić information content (AvgIpc) is 2.49. The quantitative estimate of drug-likeness (QED) is 0.505. The standard InChI is InChI=1S/C18H36N2O2/c1-5-17(6-2,18(7-3,8-4)16(20)22)14-12-10-9-11-13-15(19)21/h5-14H2,1-4H3,(H2,19,21)(H2,20,22). The van der Waals surface area contributed by atoms with E-state index in [0.29, 0.717) is 6.42 Å². The molecule has 0 spiro atoms. The smallest absolute Gasteiger partial charge is 0.224 e. The van der Waals surface area contributed by atoms with Gasteiger partial charge in [0.05, 0.1) is 5.41 Å². The molecule has 0 aromatic carbocycles. The highest BCUT2D eigenvalue weighted by Gasteiger charge is 2.50. The second-order valence-electron chi connectivity index (χ2n) is 6.52. The van der Waals surface area contributed by atoms with E-state index in [4.69, 9.17) is 11.5 Å². The molecule has 0 saturated heterocycles. The summed E-state index contributed by atoms with van der Waals surface area (Å²) in [5, 5.41) is 0. The normalized spacial score (nSPS) is 12.4. The van der Waals surface area contributed by atoms with Gasteiger partial charge in [-0.25, -0.2) is 0 Å². The first-order valence-corrected chi connectivity index (χ1v) is 8.94. The van der Waals surface area contributed by atoms with E-state index in [9.17, 15) is 9.59 Å². The van der Waals surface area contributed by atoms with Crippen LogP contribution in [0.3, 0.4) is 0 Å². The van der Waals surface area contributed by atoms with E-state index in [2.05, 4.69) is 27.7 Å². The minimum Gasteiger partial charge on any atom is -0.370 e. The molecule has 0 saturated carbocycles. The molecule has 0 heterocycles. The molecule has 2 amide bonds. The van der Waals surface area contributed by atoms with Crippen molar-refractivity contribution in [3.05, 3.63) is 0 Å². The molecule has 0 radical (unpaired) electrons. The van der Waals surface area contributed by atoms with Crippen molar-refractivity contribution in [3.63, 3.8) is 0 Å². The molecule has 130 valence electrons. The molecule has 4 heteroatoms. The predicted molar refractivity (Wildman–Crippen MR) is 92.1 cm³/mol. The SMILES string of the molecule is CCC(CC)(CCCCCCC(N)=O)C(CC)(CC)C(N)=O. The third-order valence-corrected chi connectivity index (χ3v) is 5.88. The summed E-state index contributed by atoms with van der Waals surface area (Å²) in [6.07, 6.45) is 9.13. The van der Waals surface area contributed by atoms with Crippen molar-refractivity contribution in [2.75, 3.05) is 0 Å². The van der Waals surface area contributed by atoms with Crippen molar-refractivity contribution in [2.24, 2.45) is 22.3 Å². The van der Waals surface area contributed by atoms with E-state index in [1.165, 1.54) is 0 Å². The minimum absolute atomic E-state index is 0.00792. The van der Waals surface area contributed by atoms with Gasteiger partial charge in [-0.2, -0.15) is 0 Å². The molecule has 0 fully saturated rings. The zero-order valence-corrected chi connectivity index (χ0v) is 15.0. The largest absolute Gasteiger partial charge is 0.370 e. The number of nitrogens with two attached hydrogens (primary N) is 2. The lowest BCUT2D eigenvalue weighted by molar-refractivity contribution is -0.139. The molecule has 0 aliphatic rings. The third kappa shape index (κ3) is 4.72. The second-order valence-corrected chi connectivity index (χ2v) is 6.52. The lowest BCUT2D eigenvalue weighted by Crippen LogP contribution is -2.50. The molecule has 0 aromatic rings. The highest BCUT2D eigenvalue weighted by atomic mass is 16.1. The third-order valence-electron chi connectivity index (χ3n) is 5.88. The van der Waals surface area contributed by atoms with Gasteiger partial charge in [0.1, 0.15) is 0 Å². The summed E-state index contributed by atoms with van der Waals surface area (Å²) in [7, 11) is 0. The van der Waals surface area contributed by atoms with Crippen molar-refractivity contribution in [1.82, 2.24) is 0 Å². The summed E-state index contributed by atoms with van der Waals surface area (Å²) in [4.78, 5) is 23.0. The fourth-order valence-corrected chi connectivity index (χ4v) is 4.25. The molecule has 4 nitrogen and oxygen atoms in total. The van der Waals surface area contributed by atoms with Gasteiger partial charge in [-0.05, 0) is 43.9 Å². The molecule has 22 heavy (non-hydrogen) atoms. The zero-order valence-electron chi connectivity index (χ0n) is 15.0. The van der Waals surface area contributed by atoms with Crippen LogP contribution in [-0.2, 0) is 9.59 Å². The maximum atomic E-state index is 12.2. The Morgan fingerprint density at radius 2 is 1.27 bits per heavy atom. The highest BCUT2D eigenvalue weighted by molar-refractivity contribution is 5.81. The van der Waals surface area contributed by atoms with E-state index < -0.39 is 5.41 Å². The van der Waals surface area contributed by atoms with E-state index in [1.54, 1.807) is 0 Å². The van der Waals surface area contributed by atoms with Crippen molar-refractivity contribution in [2.45, 2.75) is 91.9 Å². The average molecular weight is 312 g/mol. The first-order chi connectivity index (χ1) is 10.4. The van der Waals surface area contributed by atoms with Gasteiger partial charge in [0.15, 0.2) is 0 Å². The number of hydrogen-bond donors (Lipinski definition) is 2. The number of carbonyl (C=O) groups excluding carboxylic acids is 2. The van der Waals surface area contributed by atoms with E-state index in [-0.39, 0.29) is 17.2 Å². The van der Waals surface area contributed by atoms with Crippen molar-refractivity contribution in [3.8, 4) is 0 Å². The van der Waals surface area contributed by atoms with Crippen LogP contribution in [0.15, 0.2) is 0 Å². The maximum Gasteiger partial charge on any atom is 0.224 e. The summed E-state index contributed by atoms with van der Waals surface area (Å²) in [6.45, 7) is 8.53. The molecule has 0 bridgehead atoms. The summed E-state index contributed by atoms with van der Waals surface area (Å²) >= 11 is 0. The number of amides is 2. The van der Waals surface area contributed by atoms with Gasteiger partial charge in [0, 0.05) is 6.42 Å². The molecule has 0 unspecified atom stereocenters. The molecular formula is C18H36N2O2. The number of carbonyl (C=O) groups is 2. The Bertz CT molecular complexity index is 345. The number of hydrogen-bond acceptors (Lipinski definition) is 2. The Hall–Kier alpha value is -1.06. The van der Waals surface area contributed by atoms with Crippen LogP contribution in [0.4, 0.5) is 0 Å². The van der Waals surface area contributed by atoms with Crippen LogP contribution >= 0.6 is 0 Å². The Balaban J connectivity index is 4.81. The lowest BCUT2D eigenvalue weighted by Gasteiger charge is -2.48. The molecule has 0 atom stereocenters. The van der Waals surface area contributed by atoms with Gasteiger partial charge >= 0.3 is 0 Å². The van der Waals surface area contributed by atoms with Gasteiger partial charge in [0.2, 0.25) is 11.8 Å². The van der Waals surface area contributed by atoms with Crippen LogP contribution in [0.5, 0.6) is 0 Å². The van der Waals surface area contributed by atoms with Crippen molar-refractivity contribution >= 4 is 11.8 Å². The number of primary amides is 2. The van der Waals surface area contributed by atoms with Gasteiger partial charge in [0.25, 0.3) is 0 Å². The molecule has 0 aliphatic carbocycles. The maximum absolute atomic E-state index is 12.2. The monoisotopic (exact) mass is 312 g/mol. The first kappa shape index (κ1) is 20.9. The molecule has 0 aromatic heterocycles. The Kier molecular flexibility index (Phi) is 9.38. The fourth-order valence-electron chi connectivity index (χ4n) is 4.25. The minimum atomic E-state index is -0.399. The second kappa shape index (κ2) is 9.86. The van der Waals surface area contributed by atoms with E-state index in [0.717, 1.165) is 57.8 Å². The van der Waals surface area contributed by atoms with Crippen LogP contribution in [0.1, 0.15) is 91.9 Å². The van der Waals surface area contributed by atoms with Crippen LogP contribution in [-0.4, -0.2) is 11.8 Å². The summed E-state index contributed by atoms with van der Waals surface area (Å²) < 4.78 is 0. The molecule has 4 N–H and O–H groups in total. The van der Waals surface area contributed by atoms with Crippen LogP contribution < -0.4 is 11.5 Å². The van der Waals surface area contributed by atoms with E-state index >= 15 is 0 Å². The topological polar surface area (TPSA) is 86.2 Å². The number of rotatable bonds is 13. The zero-order chi connectivity index (χ0) is 17.2.